The summed E-state index contributed by atoms with van der Waals surface area (Å²) in [4.78, 5) is 11.5. The number of carbonyl (C=O) groups excluding carboxylic acids is 1. The SMILES string of the molecule is CCCCCCCCOc1ccc(C(=O)CC)c(O)c1. The van der Waals surface area contributed by atoms with E-state index in [0.717, 1.165) is 6.42 Å². The minimum atomic E-state index is -0.0509. The number of phenolic OH excluding ortho intramolecular Hbond substituents is 1. The summed E-state index contributed by atoms with van der Waals surface area (Å²) in [6.07, 6.45) is 7.72. The van der Waals surface area contributed by atoms with E-state index in [-0.39, 0.29) is 11.5 Å². The second-order valence-electron chi connectivity index (χ2n) is 5.07. The molecule has 112 valence electrons. The van der Waals surface area contributed by atoms with Crippen molar-refractivity contribution in [3.8, 4) is 11.5 Å². The Morgan fingerprint density at radius 1 is 1.10 bits per heavy atom. The van der Waals surface area contributed by atoms with Gasteiger partial charge in [0, 0.05) is 12.5 Å². The number of carbonyl (C=O) groups is 1. The molecule has 0 saturated carbocycles. The lowest BCUT2D eigenvalue weighted by molar-refractivity contribution is 0.0985. The van der Waals surface area contributed by atoms with Gasteiger partial charge in [-0.2, -0.15) is 0 Å². The molecule has 0 heterocycles. The number of phenols is 1. The van der Waals surface area contributed by atoms with Crippen LogP contribution in [0.4, 0.5) is 0 Å². The molecule has 0 unspecified atom stereocenters. The standard InChI is InChI=1S/C17H26O3/c1-3-5-6-7-8-9-12-20-14-10-11-15(16(18)4-2)17(19)13-14/h10-11,13,19H,3-9,12H2,1-2H3. The minimum Gasteiger partial charge on any atom is -0.507 e. The predicted octanol–water partition coefficient (Wildman–Crippen LogP) is 4.72. The van der Waals surface area contributed by atoms with Crippen molar-refractivity contribution in [2.75, 3.05) is 6.61 Å². The largest absolute Gasteiger partial charge is 0.507 e. The zero-order valence-corrected chi connectivity index (χ0v) is 12.7. The molecule has 0 atom stereocenters. The predicted molar refractivity (Wildman–Crippen MR) is 81.6 cm³/mol. The Hall–Kier alpha value is -1.51. The first-order chi connectivity index (χ1) is 9.69. The number of hydrogen-bond acceptors (Lipinski definition) is 3. The first kappa shape index (κ1) is 16.5. The van der Waals surface area contributed by atoms with E-state index >= 15 is 0 Å². The lowest BCUT2D eigenvalue weighted by Gasteiger charge is -2.08. The average Bonchev–Trinajstić information content (AvgIpc) is 2.45. The summed E-state index contributed by atoms with van der Waals surface area (Å²) in [5.41, 5.74) is 0.374. The van der Waals surface area contributed by atoms with E-state index in [1.54, 1.807) is 19.1 Å². The van der Waals surface area contributed by atoms with Crippen molar-refractivity contribution in [2.24, 2.45) is 0 Å². The summed E-state index contributed by atoms with van der Waals surface area (Å²) < 4.78 is 5.59. The maximum absolute atomic E-state index is 11.5. The fourth-order valence-corrected chi connectivity index (χ4v) is 2.10. The lowest BCUT2D eigenvalue weighted by atomic mass is 10.1. The third-order valence-corrected chi connectivity index (χ3v) is 3.36. The third kappa shape index (κ3) is 5.64. The van der Waals surface area contributed by atoms with Gasteiger partial charge in [-0.1, -0.05) is 46.0 Å². The van der Waals surface area contributed by atoms with E-state index in [1.165, 1.54) is 38.2 Å². The Morgan fingerprint density at radius 3 is 2.45 bits per heavy atom. The van der Waals surface area contributed by atoms with Gasteiger partial charge in [-0.05, 0) is 18.6 Å². The number of ketones is 1. The number of rotatable bonds is 10. The number of hydrogen-bond donors (Lipinski definition) is 1. The summed E-state index contributed by atoms with van der Waals surface area (Å²) in [5, 5.41) is 9.79. The zero-order valence-electron chi connectivity index (χ0n) is 12.7. The Balaban J connectivity index is 2.31. The average molecular weight is 278 g/mol. The minimum absolute atomic E-state index is 0.0114. The molecular formula is C17H26O3. The summed E-state index contributed by atoms with van der Waals surface area (Å²) in [5.74, 6) is 0.589. The molecule has 0 aliphatic carbocycles. The topological polar surface area (TPSA) is 46.5 Å². The molecule has 1 aromatic rings. The van der Waals surface area contributed by atoms with Crippen LogP contribution in [0.5, 0.6) is 11.5 Å². The van der Waals surface area contributed by atoms with Crippen molar-refractivity contribution in [1.29, 1.82) is 0 Å². The smallest absolute Gasteiger partial charge is 0.166 e. The van der Waals surface area contributed by atoms with Gasteiger partial charge in [-0.15, -0.1) is 0 Å². The first-order valence-electron chi connectivity index (χ1n) is 7.68. The maximum Gasteiger partial charge on any atom is 0.166 e. The Kier molecular flexibility index (Phi) is 7.78. The van der Waals surface area contributed by atoms with Crippen LogP contribution in [0, 0.1) is 0 Å². The summed E-state index contributed by atoms with van der Waals surface area (Å²) >= 11 is 0. The summed E-state index contributed by atoms with van der Waals surface area (Å²) in [6, 6.07) is 4.91. The van der Waals surface area contributed by atoms with Crippen LogP contribution in [-0.4, -0.2) is 17.5 Å². The molecule has 0 fully saturated rings. The van der Waals surface area contributed by atoms with Crippen molar-refractivity contribution < 1.29 is 14.6 Å². The second-order valence-corrected chi connectivity index (χ2v) is 5.07. The van der Waals surface area contributed by atoms with Crippen LogP contribution in [0.15, 0.2) is 18.2 Å². The van der Waals surface area contributed by atoms with Gasteiger partial charge >= 0.3 is 0 Å². The summed E-state index contributed by atoms with van der Waals surface area (Å²) in [6.45, 7) is 4.65. The molecule has 0 spiro atoms. The molecule has 0 bridgehead atoms. The molecule has 1 rings (SSSR count). The highest BCUT2D eigenvalue weighted by atomic mass is 16.5. The second kappa shape index (κ2) is 9.40. The van der Waals surface area contributed by atoms with E-state index in [0.29, 0.717) is 24.3 Å². The van der Waals surface area contributed by atoms with Crippen LogP contribution < -0.4 is 4.74 Å². The van der Waals surface area contributed by atoms with E-state index < -0.39 is 0 Å². The highest BCUT2D eigenvalue weighted by molar-refractivity contribution is 5.98. The van der Waals surface area contributed by atoms with Crippen molar-refractivity contribution in [3.05, 3.63) is 23.8 Å². The van der Waals surface area contributed by atoms with Crippen molar-refractivity contribution in [2.45, 2.75) is 58.8 Å². The summed E-state index contributed by atoms with van der Waals surface area (Å²) in [7, 11) is 0. The highest BCUT2D eigenvalue weighted by Gasteiger charge is 2.09. The van der Waals surface area contributed by atoms with Gasteiger partial charge in [-0.25, -0.2) is 0 Å². The first-order valence-corrected chi connectivity index (χ1v) is 7.68. The number of benzene rings is 1. The van der Waals surface area contributed by atoms with Gasteiger partial charge < -0.3 is 9.84 Å². The molecule has 20 heavy (non-hydrogen) atoms. The number of unbranched alkanes of at least 4 members (excludes halogenated alkanes) is 5. The molecule has 0 radical (unpaired) electrons. The van der Waals surface area contributed by atoms with E-state index in [4.69, 9.17) is 4.74 Å². The van der Waals surface area contributed by atoms with Gasteiger partial charge in [0.15, 0.2) is 5.78 Å². The number of ether oxygens (including phenoxy) is 1. The van der Waals surface area contributed by atoms with Gasteiger partial charge in [-0.3, -0.25) is 4.79 Å². The van der Waals surface area contributed by atoms with Crippen LogP contribution in [0.3, 0.4) is 0 Å². The molecular weight excluding hydrogens is 252 g/mol. The van der Waals surface area contributed by atoms with Crippen LogP contribution in [0.25, 0.3) is 0 Å². The van der Waals surface area contributed by atoms with Crippen LogP contribution in [0.1, 0.15) is 69.2 Å². The molecule has 1 N–H and O–H groups in total. The van der Waals surface area contributed by atoms with Crippen molar-refractivity contribution in [3.63, 3.8) is 0 Å². The van der Waals surface area contributed by atoms with E-state index in [2.05, 4.69) is 6.92 Å². The molecule has 0 amide bonds. The van der Waals surface area contributed by atoms with Crippen LogP contribution >= 0.6 is 0 Å². The highest BCUT2D eigenvalue weighted by Crippen LogP contribution is 2.24. The van der Waals surface area contributed by atoms with E-state index in [1.807, 2.05) is 0 Å². The molecule has 0 aliphatic heterocycles. The van der Waals surface area contributed by atoms with Gasteiger partial charge in [0.1, 0.15) is 11.5 Å². The molecule has 1 aromatic carbocycles. The molecule has 0 aromatic heterocycles. The molecule has 0 saturated heterocycles. The Bertz CT molecular complexity index is 413. The maximum atomic E-state index is 11.5. The quantitative estimate of drug-likeness (QED) is 0.497. The Morgan fingerprint density at radius 2 is 1.80 bits per heavy atom. The molecule has 3 nitrogen and oxygen atoms in total. The Labute approximate surface area is 122 Å². The number of aromatic hydroxyl groups is 1. The van der Waals surface area contributed by atoms with Crippen molar-refractivity contribution in [1.82, 2.24) is 0 Å². The monoisotopic (exact) mass is 278 g/mol. The zero-order chi connectivity index (χ0) is 14.8. The fourth-order valence-electron chi connectivity index (χ4n) is 2.10. The van der Waals surface area contributed by atoms with Gasteiger partial charge in [0.25, 0.3) is 0 Å². The van der Waals surface area contributed by atoms with Crippen LogP contribution in [-0.2, 0) is 0 Å². The van der Waals surface area contributed by atoms with Crippen molar-refractivity contribution >= 4 is 5.78 Å². The van der Waals surface area contributed by atoms with Crippen LogP contribution in [0.2, 0.25) is 0 Å². The number of Topliss-reactive ketones (excluding diaryl/α,β-unsaturated/α-hetero) is 1. The normalized spacial score (nSPS) is 10.5. The molecule has 3 heteroatoms. The third-order valence-electron chi connectivity index (χ3n) is 3.36. The van der Waals surface area contributed by atoms with Gasteiger partial charge in [0.2, 0.25) is 0 Å². The van der Waals surface area contributed by atoms with E-state index in [9.17, 15) is 9.90 Å². The fraction of sp³-hybridized carbons (Fsp3) is 0.588. The van der Waals surface area contributed by atoms with Gasteiger partial charge in [0.05, 0.1) is 12.2 Å². The lowest BCUT2D eigenvalue weighted by Crippen LogP contribution is -2.00. The molecule has 0 aliphatic rings.